The van der Waals surface area contributed by atoms with Crippen LogP contribution in [0.3, 0.4) is 0 Å². The zero-order valence-corrected chi connectivity index (χ0v) is 19.2. The number of H-pyrrole nitrogens is 2. The molecule has 15 heteroatoms. The number of hydrogen-bond acceptors (Lipinski definition) is 9. The van der Waals surface area contributed by atoms with E-state index in [0.29, 0.717) is 12.2 Å². The largest absolute Gasteiger partial charge is 0.470 e. The smallest absolute Gasteiger partial charge is 0.388 e. The monoisotopic (exact) mass is 489 g/mol. The first-order valence-electron chi connectivity index (χ1n) is 10.4. The van der Waals surface area contributed by atoms with Crippen molar-refractivity contribution in [2.24, 2.45) is 0 Å². The van der Waals surface area contributed by atoms with Crippen LogP contribution in [0.4, 0.5) is 0 Å². The van der Waals surface area contributed by atoms with Gasteiger partial charge in [0.25, 0.3) is 5.56 Å². The zero-order valence-electron chi connectivity index (χ0n) is 18.3. The van der Waals surface area contributed by atoms with E-state index in [1.165, 1.54) is 6.92 Å². The third kappa shape index (κ3) is 5.84. The molecule has 184 valence electrons. The van der Waals surface area contributed by atoms with Gasteiger partial charge in [-0.05, 0) is 20.3 Å². The van der Waals surface area contributed by atoms with Gasteiger partial charge in [-0.1, -0.05) is 12.1 Å². The van der Waals surface area contributed by atoms with Gasteiger partial charge in [0.2, 0.25) is 0 Å². The van der Waals surface area contributed by atoms with Gasteiger partial charge in [0, 0.05) is 31.3 Å². The molecule has 3 unspecified atom stereocenters. The summed E-state index contributed by atoms with van der Waals surface area (Å²) in [6, 6.07) is 0. The Kier molecular flexibility index (Phi) is 7.39. The SMILES string of the molecule is CCn1cc(Cc2[nH]c(=O)[nH]c(=O)c2[C@@H]2O[C@H](CC(C)(CC)OP(=O)(O)O)C(O)C2O)nn1. The number of aliphatic hydroxyl groups is 2. The van der Waals surface area contributed by atoms with E-state index in [1.54, 1.807) is 17.8 Å². The Hall–Kier alpha value is -2.19. The van der Waals surface area contributed by atoms with Crippen molar-refractivity contribution in [1.29, 1.82) is 0 Å². The molecule has 5 atom stereocenters. The molecule has 14 nitrogen and oxygen atoms in total. The summed E-state index contributed by atoms with van der Waals surface area (Å²) in [5, 5.41) is 29.1. The van der Waals surface area contributed by atoms with E-state index < -0.39 is 49.1 Å². The van der Waals surface area contributed by atoms with Gasteiger partial charge in [0.1, 0.15) is 18.3 Å². The van der Waals surface area contributed by atoms with E-state index >= 15 is 0 Å². The molecule has 1 fully saturated rings. The highest BCUT2D eigenvalue weighted by atomic mass is 31.2. The molecule has 0 spiro atoms. The molecule has 0 radical (unpaired) electrons. The predicted molar refractivity (Wildman–Crippen MR) is 112 cm³/mol. The fourth-order valence-electron chi connectivity index (χ4n) is 3.85. The summed E-state index contributed by atoms with van der Waals surface area (Å²) in [5.41, 5.74) is -2.45. The van der Waals surface area contributed by atoms with Crippen LogP contribution in [-0.2, 0) is 26.8 Å². The standard InChI is InChI=1S/C18H28N5O9P/c1-4-18(3,32-33(28,29)30)7-11-13(24)14(25)15(31-11)12-10(19-17(27)20-16(12)26)6-9-8-23(5-2)22-21-9/h8,11,13-15,24-25H,4-7H2,1-3H3,(H2,28,29,30)(H2,19,20,26,27)/t11-,13?,14?,15+,18?/m1/s1. The number of rotatable bonds is 9. The van der Waals surface area contributed by atoms with Gasteiger partial charge in [-0.25, -0.2) is 9.36 Å². The van der Waals surface area contributed by atoms with Gasteiger partial charge in [-0.2, -0.15) is 0 Å². The number of aromatic amines is 2. The van der Waals surface area contributed by atoms with Crippen LogP contribution in [0.5, 0.6) is 0 Å². The molecular formula is C18H28N5O9P. The second-order valence-electron chi connectivity index (χ2n) is 8.21. The predicted octanol–water partition coefficient (Wildman–Crippen LogP) is -0.905. The van der Waals surface area contributed by atoms with E-state index in [2.05, 4.69) is 20.3 Å². The number of nitrogens with one attached hydrogen (secondary N) is 2. The molecule has 0 amide bonds. The minimum absolute atomic E-state index is 0.00975. The highest BCUT2D eigenvalue weighted by Crippen LogP contribution is 2.46. The molecule has 0 aliphatic carbocycles. The summed E-state index contributed by atoms with van der Waals surface area (Å²) in [7, 11) is -4.84. The second-order valence-corrected chi connectivity index (χ2v) is 9.37. The number of aliphatic hydroxyl groups excluding tert-OH is 2. The lowest BCUT2D eigenvalue weighted by atomic mass is 9.92. The third-order valence-corrected chi connectivity index (χ3v) is 6.37. The van der Waals surface area contributed by atoms with E-state index in [-0.39, 0.29) is 30.5 Å². The Bertz CT molecular complexity index is 1140. The fraction of sp³-hybridized carbons (Fsp3) is 0.667. The maximum atomic E-state index is 12.7. The van der Waals surface area contributed by atoms with Crippen molar-refractivity contribution in [2.75, 3.05) is 0 Å². The Morgan fingerprint density at radius 2 is 1.94 bits per heavy atom. The van der Waals surface area contributed by atoms with E-state index in [4.69, 9.17) is 9.26 Å². The van der Waals surface area contributed by atoms with Crippen LogP contribution in [-0.4, -0.2) is 68.9 Å². The third-order valence-electron chi connectivity index (χ3n) is 5.70. The van der Waals surface area contributed by atoms with Gasteiger partial charge in [0.05, 0.1) is 23.0 Å². The Labute approximate surface area is 187 Å². The Morgan fingerprint density at radius 1 is 1.24 bits per heavy atom. The van der Waals surface area contributed by atoms with Crippen molar-refractivity contribution in [3.05, 3.63) is 44.0 Å². The highest BCUT2D eigenvalue weighted by Gasteiger charge is 2.48. The number of nitrogens with zero attached hydrogens (tertiary/aromatic N) is 3. The van der Waals surface area contributed by atoms with Crippen LogP contribution in [0.15, 0.2) is 15.8 Å². The first kappa shape index (κ1) is 25.4. The summed E-state index contributed by atoms with van der Waals surface area (Å²) in [6.07, 6.45) is -3.83. The number of ether oxygens (including phenoxy) is 1. The molecule has 2 aromatic heterocycles. The molecular weight excluding hydrogens is 461 g/mol. The van der Waals surface area contributed by atoms with Crippen LogP contribution >= 0.6 is 7.82 Å². The van der Waals surface area contributed by atoms with E-state index in [1.807, 2.05) is 6.92 Å². The Balaban J connectivity index is 1.92. The first-order valence-corrected chi connectivity index (χ1v) is 11.9. The summed E-state index contributed by atoms with van der Waals surface area (Å²) in [5.74, 6) is 0. The van der Waals surface area contributed by atoms with Crippen molar-refractivity contribution < 1.29 is 33.8 Å². The first-order chi connectivity index (χ1) is 15.4. The molecule has 33 heavy (non-hydrogen) atoms. The number of hydrogen-bond donors (Lipinski definition) is 6. The summed E-state index contributed by atoms with van der Waals surface area (Å²) >= 11 is 0. The van der Waals surface area contributed by atoms with Crippen molar-refractivity contribution >= 4 is 7.82 Å². The number of phosphoric ester groups is 1. The molecule has 6 N–H and O–H groups in total. The average molecular weight is 489 g/mol. The summed E-state index contributed by atoms with van der Waals surface area (Å²) < 4.78 is 23.6. The molecule has 1 saturated heterocycles. The molecule has 3 heterocycles. The minimum Gasteiger partial charge on any atom is -0.388 e. The Morgan fingerprint density at radius 3 is 2.52 bits per heavy atom. The molecule has 1 aliphatic rings. The maximum Gasteiger partial charge on any atom is 0.470 e. The van der Waals surface area contributed by atoms with E-state index in [0.717, 1.165) is 0 Å². The van der Waals surface area contributed by atoms with Crippen LogP contribution < -0.4 is 11.2 Å². The summed E-state index contributed by atoms with van der Waals surface area (Å²) in [4.78, 5) is 47.6. The van der Waals surface area contributed by atoms with Crippen LogP contribution in [0.1, 0.15) is 56.7 Å². The number of phosphoric acid groups is 1. The van der Waals surface area contributed by atoms with Gasteiger partial charge in [-0.15, -0.1) is 5.10 Å². The van der Waals surface area contributed by atoms with Crippen LogP contribution in [0.25, 0.3) is 0 Å². The molecule has 0 bridgehead atoms. The lowest BCUT2D eigenvalue weighted by Gasteiger charge is -2.31. The molecule has 0 aromatic carbocycles. The van der Waals surface area contributed by atoms with Crippen molar-refractivity contribution in [3.8, 4) is 0 Å². The quantitative estimate of drug-likeness (QED) is 0.237. The number of aryl methyl sites for hydroxylation is 1. The molecule has 1 aliphatic heterocycles. The average Bonchev–Trinajstić information content (AvgIpc) is 3.26. The highest BCUT2D eigenvalue weighted by molar-refractivity contribution is 7.46. The molecule has 2 aromatic rings. The molecule has 0 saturated carbocycles. The van der Waals surface area contributed by atoms with Gasteiger partial charge in [-0.3, -0.25) is 19.0 Å². The van der Waals surface area contributed by atoms with Crippen LogP contribution in [0, 0.1) is 0 Å². The topological polar surface area (TPSA) is 213 Å². The fourth-order valence-corrected chi connectivity index (χ4v) is 4.63. The van der Waals surface area contributed by atoms with Crippen molar-refractivity contribution in [2.45, 2.75) is 76.6 Å². The summed E-state index contributed by atoms with van der Waals surface area (Å²) in [6.45, 7) is 5.51. The minimum atomic E-state index is -4.84. The van der Waals surface area contributed by atoms with Crippen molar-refractivity contribution in [3.63, 3.8) is 0 Å². The van der Waals surface area contributed by atoms with Gasteiger partial charge in [0.15, 0.2) is 0 Å². The lowest BCUT2D eigenvalue weighted by molar-refractivity contribution is -0.0520. The van der Waals surface area contributed by atoms with Crippen LogP contribution in [0.2, 0.25) is 0 Å². The zero-order chi connectivity index (χ0) is 24.6. The van der Waals surface area contributed by atoms with Gasteiger partial charge >= 0.3 is 13.5 Å². The normalized spacial score (nSPS) is 25.3. The molecule has 3 rings (SSSR count). The van der Waals surface area contributed by atoms with Gasteiger partial charge < -0.3 is 29.7 Å². The maximum absolute atomic E-state index is 12.7. The van der Waals surface area contributed by atoms with E-state index in [9.17, 15) is 34.2 Å². The lowest BCUT2D eigenvalue weighted by Crippen LogP contribution is -2.38. The number of aromatic nitrogens is 5. The second kappa shape index (κ2) is 9.58. The van der Waals surface area contributed by atoms with Crippen molar-refractivity contribution in [1.82, 2.24) is 25.0 Å².